The van der Waals surface area contributed by atoms with E-state index in [4.69, 9.17) is 9.97 Å². The maximum atomic E-state index is 5.28. The topological polar surface area (TPSA) is 38.7 Å². The summed E-state index contributed by atoms with van der Waals surface area (Å²) in [6.45, 7) is 4.68. The Morgan fingerprint density at radius 1 is 0.396 bits per heavy atom. The van der Waals surface area contributed by atoms with Crippen LogP contribution in [0.5, 0.6) is 0 Å². The summed E-state index contributed by atoms with van der Waals surface area (Å²) >= 11 is 0. The van der Waals surface area contributed by atoms with Crippen LogP contribution in [-0.4, -0.2) is 15.0 Å². The number of pyridine rings is 1. The zero-order chi connectivity index (χ0) is 35.5. The predicted octanol–water partition coefficient (Wildman–Crippen LogP) is 12.8. The van der Waals surface area contributed by atoms with Gasteiger partial charge in [-0.05, 0) is 103 Å². The fraction of sp³-hybridized carbons (Fsp3) is 0.0600. The predicted molar refractivity (Wildman–Crippen MR) is 220 cm³/mol. The van der Waals surface area contributed by atoms with Crippen molar-refractivity contribution in [2.45, 2.75) is 19.3 Å². The molecule has 0 spiro atoms. The molecule has 10 rings (SSSR count). The van der Waals surface area contributed by atoms with Crippen molar-refractivity contribution in [3.8, 4) is 67.3 Å². The van der Waals surface area contributed by atoms with Crippen molar-refractivity contribution in [2.24, 2.45) is 0 Å². The molecule has 0 atom stereocenters. The summed E-state index contributed by atoms with van der Waals surface area (Å²) < 4.78 is 0. The van der Waals surface area contributed by atoms with Crippen molar-refractivity contribution in [3.63, 3.8) is 0 Å². The SMILES string of the molecule is CC1(C)c2cc3ccccc3cc2-c2c(-c3cc(-c4ccc5cc(-c6cccc(-c7cccnc7)c6)ccc5c4)nc(-c4ccccc4)n3)cccc21. The van der Waals surface area contributed by atoms with E-state index in [2.05, 4.69) is 170 Å². The van der Waals surface area contributed by atoms with E-state index in [1.165, 1.54) is 54.9 Å². The van der Waals surface area contributed by atoms with E-state index in [0.717, 1.165) is 45.0 Å². The van der Waals surface area contributed by atoms with E-state index in [1.807, 2.05) is 24.5 Å². The van der Waals surface area contributed by atoms with Gasteiger partial charge < -0.3 is 0 Å². The van der Waals surface area contributed by atoms with E-state index < -0.39 is 0 Å². The first kappa shape index (κ1) is 31.1. The number of fused-ring (bicyclic) bond motifs is 5. The molecule has 9 aromatic rings. The Kier molecular flexibility index (Phi) is 7.16. The molecule has 1 aliphatic rings. The van der Waals surface area contributed by atoms with Crippen LogP contribution in [0.1, 0.15) is 25.0 Å². The molecule has 0 radical (unpaired) electrons. The molecule has 250 valence electrons. The highest BCUT2D eigenvalue weighted by molar-refractivity contribution is 5.99. The van der Waals surface area contributed by atoms with Gasteiger partial charge in [-0.3, -0.25) is 4.98 Å². The molecule has 0 amide bonds. The quantitative estimate of drug-likeness (QED) is 0.182. The molecule has 3 nitrogen and oxygen atoms in total. The van der Waals surface area contributed by atoms with E-state index in [-0.39, 0.29) is 5.41 Å². The third kappa shape index (κ3) is 5.32. The summed E-state index contributed by atoms with van der Waals surface area (Å²) in [5.41, 5.74) is 14.7. The molecule has 0 saturated carbocycles. The smallest absolute Gasteiger partial charge is 0.160 e. The Labute approximate surface area is 309 Å². The summed E-state index contributed by atoms with van der Waals surface area (Å²) in [4.78, 5) is 14.8. The molecule has 7 aromatic carbocycles. The van der Waals surface area contributed by atoms with Crippen molar-refractivity contribution in [1.29, 1.82) is 0 Å². The molecule has 0 N–H and O–H groups in total. The zero-order valence-corrected chi connectivity index (χ0v) is 29.6. The van der Waals surface area contributed by atoms with Crippen LogP contribution in [0, 0.1) is 0 Å². The maximum Gasteiger partial charge on any atom is 0.160 e. The van der Waals surface area contributed by atoms with Gasteiger partial charge in [-0.1, -0.05) is 135 Å². The fourth-order valence-corrected chi connectivity index (χ4v) is 8.13. The number of hydrogen-bond donors (Lipinski definition) is 0. The molecule has 1 aliphatic carbocycles. The van der Waals surface area contributed by atoms with Gasteiger partial charge in [0.15, 0.2) is 5.82 Å². The average molecular weight is 678 g/mol. The van der Waals surface area contributed by atoms with Crippen molar-refractivity contribution < 1.29 is 0 Å². The first-order chi connectivity index (χ1) is 26.0. The van der Waals surface area contributed by atoms with Crippen LogP contribution < -0.4 is 0 Å². The number of nitrogens with zero attached hydrogens (tertiary/aromatic N) is 3. The van der Waals surface area contributed by atoms with Crippen LogP contribution in [0.3, 0.4) is 0 Å². The van der Waals surface area contributed by atoms with Crippen molar-refractivity contribution in [3.05, 3.63) is 187 Å². The summed E-state index contributed by atoms with van der Waals surface area (Å²) in [7, 11) is 0. The van der Waals surface area contributed by atoms with Crippen LogP contribution in [0.25, 0.3) is 88.8 Å². The average Bonchev–Trinajstić information content (AvgIpc) is 3.45. The van der Waals surface area contributed by atoms with Crippen LogP contribution in [0.15, 0.2) is 176 Å². The second-order valence-corrected chi connectivity index (χ2v) is 14.5. The molecule has 0 bridgehead atoms. The Morgan fingerprint density at radius 3 is 1.81 bits per heavy atom. The van der Waals surface area contributed by atoms with E-state index in [9.17, 15) is 0 Å². The molecule has 2 heterocycles. The van der Waals surface area contributed by atoms with Gasteiger partial charge in [0, 0.05) is 40.1 Å². The lowest BCUT2D eigenvalue weighted by molar-refractivity contribution is 0.661. The molecule has 0 unspecified atom stereocenters. The van der Waals surface area contributed by atoms with Gasteiger partial charge in [0.2, 0.25) is 0 Å². The van der Waals surface area contributed by atoms with Gasteiger partial charge >= 0.3 is 0 Å². The minimum absolute atomic E-state index is 0.139. The van der Waals surface area contributed by atoms with Crippen molar-refractivity contribution in [1.82, 2.24) is 15.0 Å². The molecule has 0 fully saturated rings. The highest BCUT2D eigenvalue weighted by Gasteiger charge is 2.37. The molecular weight excluding hydrogens is 643 g/mol. The Hall–Kier alpha value is -6.71. The number of aromatic nitrogens is 3. The third-order valence-electron chi connectivity index (χ3n) is 10.9. The monoisotopic (exact) mass is 677 g/mol. The Morgan fingerprint density at radius 2 is 1.02 bits per heavy atom. The lowest BCUT2D eigenvalue weighted by Crippen LogP contribution is -2.14. The standard InChI is InChI=1S/C50H35N3/c1-50(2)44-19-9-18-42(48(44)43-28-35-13-6-7-14-36(35)29-45(43)50)47-30-46(52-49(53-47)32-11-4-3-5-12-32)40-23-22-38-26-37(20-21-39(38)27-40)33-15-8-16-34(25-33)41-17-10-24-51-31-41/h3-31H,1-2H3. The number of hydrogen-bond acceptors (Lipinski definition) is 3. The third-order valence-corrected chi connectivity index (χ3v) is 10.9. The molecule has 2 aromatic heterocycles. The van der Waals surface area contributed by atoms with Gasteiger partial charge in [-0.2, -0.15) is 0 Å². The van der Waals surface area contributed by atoms with Crippen molar-refractivity contribution in [2.75, 3.05) is 0 Å². The molecule has 0 aliphatic heterocycles. The maximum absolute atomic E-state index is 5.28. The fourth-order valence-electron chi connectivity index (χ4n) is 8.13. The van der Waals surface area contributed by atoms with Crippen LogP contribution in [0.4, 0.5) is 0 Å². The van der Waals surface area contributed by atoms with E-state index in [1.54, 1.807) is 0 Å². The molecular formula is C50H35N3. The normalized spacial score (nSPS) is 12.9. The highest BCUT2D eigenvalue weighted by Crippen LogP contribution is 2.53. The number of benzene rings is 7. The summed E-state index contributed by atoms with van der Waals surface area (Å²) in [5.74, 6) is 0.718. The summed E-state index contributed by atoms with van der Waals surface area (Å²) in [6, 6.07) is 58.7. The molecule has 3 heteroatoms. The van der Waals surface area contributed by atoms with Crippen LogP contribution >= 0.6 is 0 Å². The first-order valence-corrected chi connectivity index (χ1v) is 18.2. The summed E-state index contributed by atoms with van der Waals surface area (Å²) in [5, 5.41) is 4.87. The van der Waals surface area contributed by atoms with Gasteiger partial charge in [0.1, 0.15) is 0 Å². The Balaban J connectivity index is 1.10. The van der Waals surface area contributed by atoms with Gasteiger partial charge in [0.05, 0.1) is 11.4 Å². The molecule has 53 heavy (non-hydrogen) atoms. The largest absolute Gasteiger partial charge is 0.264 e. The highest BCUT2D eigenvalue weighted by atomic mass is 14.9. The lowest BCUT2D eigenvalue weighted by Gasteiger charge is -2.22. The zero-order valence-electron chi connectivity index (χ0n) is 29.6. The van der Waals surface area contributed by atoms with Crippen LogP contribution in [-0.2, 0) is 5.41 Å². The lowest BCUT2D eigenvalue weighted by atomic mass is 9.81. The molecule has 0 saturated heterocycles. The first-order valence-electron chi connectivity index (χ1n) is 18.2. The second kappa shape index (κ2) is 12.2. The van der Waals surface area contributed by atoms with Gasteiger partial charge in [0.25, 0.3) is 0 Å². The minimum atomic E-state index is -0.139. The number of rotatable bonds is 5. The van der Waals surface area contributed by atoms with Gasteiger partial charge in [-0.15, -0.1) is 0 Å². The van der Waals surface area contributed by atoms with Crippen molar-refractivity contribution >= 4 is 21.5 Å². The second-order valence-electron chi connectivity index (χ2n) is 14.5. The summed E-state index contributed by atoms with van der Waals surface area (Å²) in [6.07, 6.45) is 3.72. The van der Waals surface area contributed by atoms with E-state index >= 15 is 0 Å². The van der Waals surface area contributed by atoms with E-state index in [0.29, 0.717) is 0 Å². The minimum Gasteiger partial charge on any atom is -0.264 e. The van der Waals surface area contributed by atoms with Crippen LogP contribution in [0.2, 0.25) is 0 Å². The Bertz CT molecular complexity index is 2860. The van der Waals surface area contributed by atoms with Gasteiger partial charge in [-0.25, -0.2) is 9.97 Å².